The number of ether oxygens (including phenoxy) is 1. The lowest BCUT2D eigenvalue weighted by Crippen LogP contribution is -2.44. The first kappa shape index (κ1) is 13.8. The molecule has 1 amide bonds. The second kappa shape index (κ2) is 6.05. The number of imidazole rings is 1. The Morgan fingerprint density at radius 3 is 3.14 bits per heavy atom. The molecule has 3 rings (SSSR count). The van der Waals surface area contributed by atoms with Crippen molar-refractivity contribution >= 4 is 5.91 Å². The number of amides is 1. The number of H-pyrrole nitrogens is 1. The minimum atomic E-state index is -0.142. The fraction of sp³-hybridized carbons (Fsp3) is 0.400. The van der Waals surface area contributed by atoms with E-state index in [1.54, 1.807) is 18.6 Å². The molecule has 3 heterocycles. The fourth-order valence-electron chi connectivity index (χ4n) is 2.51. The van der Waals surface area contributed by atoms with Crippen LogP contribution in [0.15, 0.2) is 30.7 Å². The molecule has 0 radical (unpaired) electrons. The Bertz CT molecular complexity index is 611. The largest absolute Gasteiger partial charge is 0.377 e. The molecule has 1 aliphatic rings. The van der Waals surface area contributed by atoms with Gasteiger partial charge in [0.15, 0.2) is 0 Å². The van der Waals surface area contributed by atoms with Gasteiger partial charge in [0.1, 0.15) is 11.9 Å². The van der Waals surface area contributed by atoms with Crippen LogP contribution in [0, 0.1) is 6.92 Å². The monoisotopic (exact) mass is 286 g/mol. The van der Waals surface area contributed by atoms with E-state index in [0.717, 1.165) is 17.1 Å². The van der Waals surface area contributed by atoms with Crippen molar-refractivity contribution in [3.05, 3.63) is 47.8 Å². The fourth-order valence-corrected chi connectivity index (χ4v) is 2.51. The van der Waals surface area contributed by atoms with E-state index >= 15 is 0 Å². The summed E-state index contributed by atoms with van der Waals surface area (Å²) in [5, 5.41) is 0. The van der Waals surface area contributed by atoms with E-state index in [-0.39, 0.29) is 11.9 Å². The van der Waals surface area contributed by atoms with Gasteiger partial charge in [0, 0.05) is 30.8 Å². The van der Waals surface area contributed by atoms with Gasteiger partial charge in [0.2, 0.25) is 5.91 Å². The van der Waals surface area contributed by atoms with Crippen LogP contribution in [0.2, 0.25) is 0 Å². The normalized spacial score (nSPS) is 18.7. The number of aromatic nitrogens is 3. The van der Waals surface area contributed by atoms with Crippen LogP contribution < -0.4 is 0 Å². The maximum atomic E-state index is 12.6. The Kier molecular flexibility index (Phi) is 3.96. The summed E-state index contributed by atoms with van der Waals surface area (Å²) in [4.78, 5) is 26.0. The smallest absolute Gasteiger partial charge is 0.227 e. The quantitative estimate of drug-likeness (QED) is 0.922. The van der Waals surface area contributed by atoms with Crippen molar-refractivity contribution in [1.29, 1.82) is 0 Å². The number of rotatable bonds is 3. The molecule has 0 spiro atoms. The number of nitrogens with zero attached hydrogens (tertiary/aromatic N) is 3. The third-order valence-corrected chi connectivity index (χ3v) is 3.57. The zero-order valence-electron chi connectivity index (χ0n) is 12.0. The summed E-state index contributed by atoms with van der Waals surface area (Å²) in [6, 6.07) is 3.61. The van der Waals surface area contributed by atoms with Gasteiger partial charge in [-0.1, -0.05) is 6.07 Å². The highest BCUT2D eigenvalue weighted by atomic mass is 16.5. The van der Waals surface area contributed by atoms with Crippen LogP contribution in [0.4, 0.5) is 0 Å². The molecule has 1 aliphatic heterocycles. The predicted molar refractivity (Wildman–Crippen MR) is 76.5 cm³/mol. The maximum Gasteiger partial charge on any atom is 0.227 e. The molecule has 6 nitrogen and oxygen atoms in total. The Morgan fingerprint density at radius 2 is 2.43 bits per heavy atom. The molecule has 0 bridgehead atoms. The molecule has 21 heavy (non-hydrogen) atoms. The number of morpholine rings is 1. The number of aryl methyl sites for hydroxylation is 1. The second-order valence-corrected chi connectivity index (χ2v) is 5.17. The number of hydrogen-bond acceptors (Lipinski definition) is 4. The van der Waals surface area contributed by atoms with E-state index in [2.05, 4.69) is 15.0 Å². The third-order valence-electron chi connectivity index (χ3n) is 3.57. The molecular weight excluding hydrogens is 268 g/mol. The lowest BCUT2D eigenvalue weighted by Gasteiger charge is -2.34. The van der Waals surface area contributed by atoms with Crippen LogP contribution in [0.5, 0.6) is 0 Å². The number of carbonyl (C=O) groups excluding carboxylic acids is 1. The van der Waals surface area contributed by atoms with Crippen LogP contribution in [0.25, 0.3) is 0 Å². The highest BCUT2D eigenvalue weighted by Gasteiger charge is 2.30. The highest BCUT2D eigenvalue weighted by molar-refractivity contribution is 5.79. The number of aromatic amines is 1. The summed E-state index contributed by atoms with van der Waals surface area (Å²) in [6.07, 6.45) is 5.55. The summed E-state index contributed by atoms with van der Waals surface area (Å²) < 4.78 is 5.51. The SMILES string of the molecule is Cc1cnc([C@H]2COCCN2C(=O)Cc2cccnc2)[nH]1. The molecule has 1 fully saturated rings. The van der Waals surface area contributed by atoms with Gasteiger partial charge >= 0.3 is 0 Å². The van der Waals surface area contributed by atoms with E-state index in [4.69, 9.17) is 4.74 Å². The molecule has 0 aromatic carbocycles. The molecule has 1 saturated heterocycles. The molecule has 6 heteroatoms. The van der Waals surface area contributed by atoms with Crippen molar-refractivity contribution in [2.75, 3.05) is 19.8 Å². The average Bonchev–Trinajstić information content (AvgIpc) is 2.95. The number of nitrogens with one attached hydrogen (secondary N) is 1. The van der Waals surface area contributed by atoms with Gasteiger partial charge < -0.3 is 14.6 Å². The second-order valence-electron chi connectivity index (χ2n) is 5.17. The molecular formula is C15H18N4O2. The van der Waals surface area contributed by atoms with E-state index in [1.165, 1.54) is 0 Å². The van der Waals surface area contributed by atoms with E-state index < -0.39 is 0 Å². The number of pyridine rings is 1. The molecule has 2 aromatic heterocycles. The Balaban J connectivity index is 1.76. The van der Waals surface area contributed by atoms with Crippen molar-refractivity contribution in [2.24, 2.45) is 0 Å². The Hall–Kier alpha value is -2.21. The lowest BCUT2D eigenvalue weighted by atomic mass is 10.1. The summed E-state index contributed by atoms with van der Waals surface area (Å²) in [7, 11) is 0. The van der Waals surface area contributed by atoms with Crippen LogP contribution in [0.1, 0.15) is 23.1 Å². The minimum absolute atomic E-state index is 0.0744. The van der Waals surface area contributed by atoms with Gasteiger partial charge in [-0.3, -0.25) is 9.78 Å². The summed E-state index contributed by atoms with van der Waals surface area (Å²) in [6.45, 7) is 3.58. The topological polar surface area (TPSA) is 71.1 Å². The summed E-state index contributed by atoms with van der Waals surface area (Å²) in [5.41, 5.74) is 1.90. The summed E-state index contributed by atoms with van der Waals surface area (Å²) in [5.74, 6) is 0.858. The van der Waals surface area contributed by atoms with Crippen molar-refractivity contribution < 1.29 is 9.53 Å². The van der Waals surface area contributed by atoms with Crippen molar-refractivity contribution in [3.8, 4) is 0 Å². The molecule has 1 atom stereocenters. The summed E-state index contributed by atoms with van der Waals surface area (Å²) >= 11 is 0. The van der Waals surface area contributed by atoms with Gasteiger partial charge in [-0.2, -0.15) is 0 Å². The zero-order chi connectivity index (χ0) is 14.7. The Morgan fingerprint density at radius 1 is 1.52 bits per heavy atom. The van der Waals surface area contributed by atoms with Crippen molar-refractivity contribution in [3.63, 3.8) is 0 Å². The molecule has 110 valence electrons. The molecule has 2 aromatic rings. The van der Waals surface area contributed by atoms with Crippen LogP contribution in [0.3, 0.4) is 0 Å². The van der Waals surface area contributed by atoms with E-state index in [0.29, 0.717) is 26.2 Å². The van der Waals surface area contributed by atoms with Crippen LogP contribution in [-0.4, -0.2) is 45.5 Å². The first-order valence-corrected chi connectivity index (χ1v) is 7.01. The first-order valence-electron chi connectivity index (χ1n) is 7.01. The van der Waals surface area contributed by atoms with Crippen LogP contribution >= 0.6 is 0 Å². The molecule has 0 saturated carbocycles. The number of carbonyl (C=O) groups is 1. The van der Waals surface area contributed by atoms with Gasteiger partial charge in [-0.15, -0.1) is 0 Å². The van der Waals surface area contributed by atoms with Gasteiger partial charge in [0.05, 0.1) is 19.6 Å². The van der Waals surface area contributed by atoms with Crippen molar-refractivity contribution in [1.82, 2.24) is 19.9 Å². The Labute approximate surface area is 123 Å². The molecule has 1 N–H and O–H groups in total. The number of hydrogen-bond donors (Lipinski definition) is 1. The van der Waals surface area contributed by atoms with Gasteiger partial charge in [-0.25, -0.2) is 4.98 Å². The molecule has 0 unspecified atom stereocenters. The van der Waals surface area contributed by atoms with Crippen molar-refractivity contribution in [2.45, 2.75) is 19.4 Å². The standard InChI is InChI=1S/C15H18N4O2/c1-11-8-17-15(18-11)13-10-21-6-5-19(13)14(20)7-12-3-2-4-16-9-12/h2-4,8-9,13H,5-7,10H2,1H3,(H,17,18)/t13-/m1/s1. The van der Waals surface area contributed by atoms with E-state index in [9.17, 15) is 4.79 Å². The van der Waals surface area contributed by atoms with Crippen LogP contribution in [-0.2, 0) is 16.0 Å². The highest BCUT2D eigenvalue weighted by Crippen LogP contribution is 2.22. The lowest BCUT2D eigenvalue weighted by molar-refractivity contribution is -0.139. The maximum absolute atomic E-state index is 12.6. The predicted octanol–water partition coefficient (Wildman–Crippen LogP) is 1.26. The van der Waals surface area contributed by atoms with Gasteiger partial charge in [-0.05, 0) is 18.6 Å². The third kappa shape index (κ3) is 3.11. The van der Waals surface area contributed by atoms with Gasteiger partial charge in [0.25, 0.3) is 0 Å². The first-order chi connectivity index (χ1) is 10.2. The minimum Gasteiger partial charge on any atom is -0.377 e. The molecule has 0 aliphatic carbocycles. The average molecular weight is 286 g/mol. The van der Waals surface area contributed by atoms with E-state index in [1.807, 2.05) is 24.0 Å². The zero-order valence-corrected chi connectivity index (χ0v) is 12.0.